The number of carboxylic acid groups (broad SMARTS) is 1. The Labute approximate surface area is 199 Å². The van der Waals surface area contributed by atoms with E-state index in [9.17, 15) is 26.4 Å². The molecule has 2 aromatic rings. The summed E-state index contributed by atoms with van der Waals surface area (Å²) >= 11 is 7.35. The molecular weight excluding hydrogens is 503 g/mol. The number of thioether (sulfide) groups is 1. The van der Waals surface area contributed by atoms with Crippen LogP contribution < -0.4 is 10.1 Å². The third-order valence-corrected chi connectivity index (χ3v) is 7.68. The number of nitrogens with one attached hydrogen (secondary N) is 1. The maximum Gasteiger partial charge on any atom is 0.416 e. The van der Waals surface area contributed by atoms with E-state index in [-0.39, 0.29) is 17.1 Å². The normalized spacial score (nSPS) is 12.0. The Balaban J connectivity index is 1.73. The predicted octanol–water partition coefficient (Wildman–Crippen LogP) is 4.68. The van der Waals surface area contributed by atoms with Crippen LogP contribution in [0.2, 0.25) is 5.02 Å². The highest BCUT2D eigenvalue weighted by molar-refractivity contribution is 7.99. The first-order valence-electron chi connectivity index (χ1n) is 9.78. The maximum absolute atomic E-state index is 12.7. The van der Waals surface area contributed by atoms with E-state index in [1.165, 1.54) is 0 Å². The zero-order valence-electron chi connectivity index (χ0n) is 17.6. The summed E-state index contributed by atoms with van der Waals surface area (Å²) in [4.78, 5) is 11.3. The standard InChI is InChI=1S/C21H23ClF3NO5S2/c1-14-11-16(4-5-18(14)31-13-20(27)28)32-9-8-26-7-2-10-33(29,30)19-6-3-15(12-17(19)22)21(23,24)25/h3-6,11-12,26H,2,7-10,13H2,1H3,(H,27,28). The smallest absolute Gasteiger partial charge is 0.416 e. The fourth-order valence-corrected chi connectivity index (χ4v) is 5.62. The zero-order valence-corrected chi connectivity index (χ0v) is 20.0. The Morgan fingerprint density at radius 1 is 1.18 bits per heavy atom. The van der Waals surface area contributed by atoms with Crippen LogP contribution in [0, 0.1) is 6.92 Å². The number of sulfone groups is 1. The van der Waals surface area contributed by atoms with Crippen LogP contribution in [-0.2, 0) is 20.8 Å². The van der Waals surface area contributed by atoms with Crippen molar-refractivity contribution >= 4 is 39.2 Å². The molecule has 0 atom stereocenters. The van der Waals surface area contributed by atoms with Crippen LogP contribution in [0.1, 0.15) is 17.5 Å². The van der Waals surface area contributed by atoms with Crippen LogP contribution in [0.4, 0.5) is 13.2 Å². The summed E-state index contributed by atoms with van der Waals surface area (Å²) in [5.41, 5.74) is -0.176. The van der Waals surface area contributed by atoms with Gasteiger partial charge in [-0.25, -0.2) is 13.2 Å². The molecule has 0 unspecified atom stereocenters. The van der Waals surface area contributed by atoms with E-state index in [1.54, 1.807) is 17.8 Å². The van der Waals surface area contributed by atoms with Gasteiger partial charge in [-0.2, -0.15) is 13.2 Å². The number of carbonyl (C=O) groups is 1. The molecule has 0 radical (unpaired) electrons. The van der Waals surface area contributed by atoms with Crippen LogP contribution in [0.5, 0.6) is 5.75 Å². The highest BCUT2D eigenvalue weighted by Crippen LogP contribution is 2.33. The lowest BCUT2D eigenvalue weighted by molar-refractivity contribution is -0.139. The number of rotatable bonds is 12. The summed E-state index contributed by atoms with van der Waals surface area (Å²) in [6.07, 6.45) is -4.32. The molecule has 0 saturated carbocycles. The molecule has 0 heterocycles. The third-order valence-electron chi connectivity index (χ3n) is 4.41. The van der Waals surface area contributed by atoms with Gasteiger partial charge in [0.2, 0.25) is 0 Å². The van der Waals surface area contributed by atoms with Gasteiger partial charge in [0, 0.05) is 17.2 Å². The zero-order chi connectivity index (χ0) is 24.6. The molecule has 2 aromatic carbocycles. The van der Waals surface area contributed by atoms with Crippen LogP contribution in [0.25, 0.3) is 0 Å². The number of alkyl halides is 3. The van der Waals surface area contributed by atoms with Crippen molar-refractivity contribution in [3.63, 3.8) is 0 Å². The van der Waals surface area contributed by atoms with Crippen LogP contribution in [0.3, 0.4) is 0 Å². The third kappa shape index (κ3) is 8.73. The molecule has 0 bridgehead atoms. The van der Waals surface area contributed by atoms with E-state index < -0.39 is 39.2 Å². The average Bonchev–Trinajstić information content (AvgIpc) is 2.71. The van der Waals surface area contributed by atoms with Crippen molar-refractivity contribution < 1.29 is 36.2 Å². The van der Waals surface area contributed by atoms with Gasteiger partial charge in [-0.1, -0.05) is 11.6 Å². The fraction of sp³-hybridized carbons (Fsp3) is 0.381. The Morgan fingerprint density at radius 3 is 2.52 bits per heavy atom. The highest BCUT2D eigenvalue weighted by Gasteiger charge is 2.32. The monoisotopic (exact) mass is 525 g/mol. The van der Waals surface area contributed by atoms with E-state index in [2.05, 4.69) is 5.32 Å². The Bertz CT molecular complexity index is 1080. The Hall–Kier alpha value is -1.95. The Kier molecular flexibility index (Phi) is 9.89. The molecule has 6 nitrogen and oxygen atoms in total. The van der Waals surface area contributed by atoms with Crippen LogP contribution in [0.15, 0.2) is 46.2 Å². The molecular formula is C21H23ClF3NO5S2. The van der Waals surface area contributed by atoms with Crippen LogP contribution in [-0.4, -0.2) is 50.7 Å². The largest absolute Gasteiger partial charge is 0.482 e. The minimum Gasteiger partial charge on any atom is -0.482 e. The van der Waals surface area contributed by atoms with Gasteiger partial charge in [0.25, 0.3) is 0 Å². The molecule has 33 heavy (non-hydrogen) atoms. The minimum absolute atomic E-state index is 0.241. The minimum atomic E-state index is -4.59. The van der Waals surface area contributed by atoms with Crippen molar-refractivity contribution in [2.45, 2.75) is 29.3 Å². The van der Waals surface area contributed by atoms with Crippen molar-refractivity contribution in [3.8, 4) is 5.75 Å². The van der Waals surface area contributed by atoms with E-state index in [1.807, 2.05) is 19.1 Å². The van der Waals surface area contributed by atoms with E-state index >= 15 is 0 Å². The molecule has 0 saturated heterocycles. The van der Waals surface area contributed by atoms with Gasteiger partial charge in [-0.15, -0.1) is 11.8 Å². The maximum atomic E-state index is 12.7. The molecule has 0 aliphatic rings. The second-order valence-corrected chi connectivity index (χ2v) is 10.7. The van der Waals surface area contributed by atoms with Gasteiger partial charge in [0.15, 0.2) is 16.4 Å². The van der Waals surface area contributed by atoms with Gasteiger partial charge in [0.1, 0.15) is 5.75 Å². The van der Waals surface area contributed by atoms with Gasteiger partial charge in [0.05, 0.1) is 21.2 Å². The summed E-state index contributed by atoms with van der Waals surface area (Å²) < 4.78 is 68.1. The summed E-state index contributed by atoms with van der Waals surface area (Å²) in [6.45, 7) is 2.45. The quantitative estimate of drug-likeness (QED) is 0.307. The number of ether oxygens (including phenoxy) is 1. The lowest BCUT2D eigenvalue weighted by Crippen LogP contribution is -2.21. The summed E-state index contributed by atoms with van der Waals surface area (Å²) in [7, 11) is -3.80. The molecule has 0 spiro atoms. The number of carboxylic acids is 1. The molecule has 0 aliphatic heterocycles. The molecule has 12 heteroatoms. The topological polar surface area (TPSA) is 92.7 Å². The molecule has 182 valence electrons. The molecule has 0 aromatic heterocycles. The van der Waals surface area contributed by atoms with E-state index in [4.69, 9.17) is 21.4 Å². The SMILES string of the molecule is Cc1cc(SCCNCCCS(=O)(=O)c2ccc(C(F)(F)F)cc2Cl)ccc1OCC(=O)O. The van der Waals surface area contributed by atoms with Crippen molar-refractivity contribution in [2.24, 2.45) is 0 Å². The summed E-state index contributed by atoms with van der Waals surface area (Å²) in [5, 5.41) is 11.3. The number of benzene rings is 2. The first-order chi connectivity index (χ1) is 15.4. The second-order valence-electron chi connectivity index (χ2n) is 7.02. The number of hydrogen-bond acceptors (Lipinski definition) is 6. The van der Waals surface area contributed by atoms with E-state index in [0.29, 0.717) is 36.7 Å². The number of hydrogen-bond donors (Lipinski definition) is 2. The van der Waals surface area contributed by atoms with Gasteiger partial charge in [-0.05, 0) is 61.9 Å². The van der Waals surface area contributed by atoms with Crippen molar-refractivity contribution in [1.29, 1.82) is 0 Å². The second kappa shape index (κ2) is 12.0. The van der Waals surface area contributed by atoms with Gasteiger partial charge in [-0.3, -0.25) is 0 Å². The Morgan fingerprint density at radius 2 is 1.91 bits per heavy atom. The summed E-state index contributed by atoms with van der Waals surface area (Å²) in [5.74, 6) is -0.0648. The lowest BCUT2D eigenvalue weighted by atomic mass is 10.2. The van der Waals surface area contributed by atoms with Gasteiger partial charge >= 0.3 is 12.1 Å². The number of aryl methyl sites for hydroxylation is 1. The molecule has 0 fully saturated rings. The average molecular weight is 526 g/mol. The van der Waals surface area contributed by atoms with Gasteiger partial charge < -0.3 is 15.2 Å². The molecule has 0 aliphatic carbocycles. The van der Waals surface area contributed by atoms with Crippen molar-refractivity contribution in [2.75, 3.05) is 31.2 Å². The lowest BCUT2D eigenvalue weighted by Gasteiger charge is -2.11. The fourth-order valence-electron chi connectivity index (χ4n) is 2.81. The van der Waals surface area contributed by atoms with Crippen LogP contribution >= 0.6 is 23.4 Å². The van der Waals surface area contributed by atoms with Crippen molar-refractivity contribution in [3.05, 3.63) is 52.5 Å². The molecule has 2 rings (SSSR count). The van der Waals surface area contributed by atoms with E-state index in [0.717, 1.165) is 16.5 Å². The number of halogens is 4. The first kappa shape index (κ1) is 27.3. The molecule has 0 amide bonds. The molecule has 2 N–H and O–H groups in total. The summed E-state index contributed by atoms with van der Waals surface area (Å²) in [6, 6.07) is 7.66. The van der Waals surface area contributed by atoms with Crippen molar-refractivity contribution in [1.82, 2.24) is 5.32 Å². The predicted molar refractivity (Wildman–Crippen MR) is 121 cm³/mol. The number of aliphatic carboxylic acids is 1. The highest BCUT2D eigenvalue weighted by atomic mass is 35.5. The first-order valence-corrected chi connectivity index (χ1v) is 12.8.